The lowest BCUT2D eigenvalue weighted by molar-refractivity contribution is 0.102. The van der Waals surface area contributed by atoms with Crippen LogP contribution >= 0.6 is 0 Å². The summed E-state index contributed by atoms with van der Waals surface area (Å²) in [6.45, 7) is 4.67. The lowest BCUT2D eigenvalue weighted by atomic mass is 10.1. The average molecular weight is 412 g/mol. The minimum atomic E-state index is -0.208. The molecule has 5 nitrogen and oxygen atoms in total. The lowest BCUT2D eigenvalue weighted by Gasteiger charge is -2.09. The fourth-order valence-corrected chi connectivity index (χ4v) is 3.30. The van der Waals surface area contributed by atoms with Gasteiger partial charge in [-0.15, -0.1) is 0 Å². The first-order chi connectivity index (χ1) is 15.2. The number of nitrogens with zero attached hydrogens (tertiary/aromatic N) is 1. The van der Waals surface area contributed by atoms with Gasteiger partial charge in [-0.05, 0) is 67.4 Å². The Hall–Kier alpha value is -3.86. The highest BCUT2D eigenvalue weighted by Crippen LogP contribution is 2.29. The fraction of sp³-hybridized carbons (Fsp3) is 0.154. The minimum Gasteiger partial charge on any atom is -0.494 e. The van der Waals surface area contributed by atoms with Crippen LogP contribution in [0.4, 0.5) is 5.69 Å². The molecule has 31 heavy (non-hydrogen) atoms. The summed E-state index contributed by atoms with van der Waals surface area (Å²) in [5.41, 5.74) is 4.00. The van der Waals surface area contributed by atoms with Crippen molar-refractivity contribution in [1.82, 2.24) is 4.98 Å². The topological polar surface area (TPSA) is 64.4 Å². The van der Waals surface area contributed by atoms with Gasteiger partial charge in [0.2, 0.25) is 5.89 Å². The molecule has 4 aromatic rings. The van der Waals surface area contributed by atoms with Crippen LogP contribution in [0.25, 0.3) is 22.8 Å². The molecule has 1 amide bonds. The number of hydrogen-bond acceptors (Lipinski definition) is 4. The Morgan fingerprint density at radius 2 is 1.71 bits per heavy atom. The smallest absolute Gasteiger partial charge is 0.256 e. The molecule has 4 rings (SSSR count). The van der Waals surface area contributed by atoms with Crippen molar-refractivity contribution >= 4 is 11.6 Å². The first-order valence-corrected chi connectivity index (χ1v) is 10.4. The number of rotatable bonds is 7. The summed E-state index contributed by atoms with van der Waals surface area (Å²) in [5, 5.41) is 2.95. The molecule has 0 unspecified atom stereocenters. The first-order valence-electron chi connectivity index (χ1n) is 10.4. The predicted octanol–water partition coefficient (Wildman–Crippen LogP) is 6.22. The van der Waals surface area contributed by atoms with Crippen LogP contribution in [0.15, 0.2) is 83.4 Å². The molecular formula is C26H24N2O3. The van der Waals surface area contributed by atoms with Gasteiger partial charge in [-0.25, -0.2) is 4.98 Å². The Labute approximate surface area is 181 Å². The van der Waals surface area contributed by atoms with Crippen molar-refractivity contribution in [3.05, 3.63) is 90.1 Å². The van der Waals surface area contributed by atoms with E-state index in [-0.39, 0.29) is 5.91 Å². The maximum Gasteiger partial charge on any atom is 0.256 e. The van der Waals surface area contributed by atoms with Gasteiger partial charge in [-0.1, -0.05) is 31.2 Å². The molecule has 0 radical (unpaired) electrons. The van der Waals surface area contributed by atoms with Crippen LogP contribution in [0.3, 0.4) is 0 Å². The van der Waals surface area contributed by atoms with Crippen molar-refractivity contribution in [2.45, 2.75) is 20.3 Å². The molecule has 0 bridgehead atoms. The van der Waals surface area contributed by atoms with Gasteiger partial charge < -0.3 is 14.5 Å². The monoisotopic (exact) mass is 412 g/mol. The minimum absolute atomic E-state index is 0.208. The molecule has 0 aliphatic heterocycles. The molecule has 1 N–H and O–H groups in total. The summed E-state index contributed by atoms with van der Waals surface area (Å²) in [5.74, 6) is 1.63. The molecule has 1 heterocycles. The average Bonchev–Trinajstić information content (AvgIpc) is 3.30. The zero-order valence-electron chi connectivity index (χ0n) is 17.6. The molecule has 3 aromatic carbocycles. The molecule has 0 atom stereocenters. The summed E-state index contributed by atoms with van der Waals surface area (Å²) in [6, 6.07) is 22.8. The Balaban J connectivity index is 1.57. The van der Waals surface area contributed by atoms with Gasteiger partial charge in [0.1, 0.15) is 5.75 Å². The van der Waals surface area contributed by atoms with Crippen molar-refractivity contribution in [3.63, 3.8) is 0 Å². The quantitative estimate of drug-likeness (QED) is 0.391. The Bertz CT molecular complexity index is 1160. The Kier molecular flexibility index (Phi) is 6.13. The van der Waals surface area contributed by atoms with Crippen LogP contribution in [-0.2, 0) is 6.42 Å². The van der Waals surface area contributed by atoms with Gasteiger partial charge in [-0.2, -0.15) is 0 Å². The molecule has 0 aliphatic carbocycles. The van der Waals surface area contributed by atoms with Crippen molar-refractivity contribution in [3.8, 4) is 28.5 Å². The molecule has 5 heteroatoms. The maximum atomic E-state index is 12.9. The van der Waals surface area contributed by atoms with Gasteiger partial charge in [-0.3, -0.25) is 4.79 Å². The zero-order valence-corrected chi connectivity index (χ0v) is 17.6. The van der Waals surface area contributed by atoms with Gasteiger partial charge in [0.15, 0.2) is 5.76 Å². The van der Waals surface area contributed by atoms with Crippen LogP contribution in [0, 0.1) is 0 Å². The number of nitrogens with one attached hydrogen (secondary N) is 1. The van der Waals surface area contributed by atoms with E-state index in [1.807, 2.05) is 73.7 Å². The van der Waals surface area contributed by atoms with E-state index in [0.29, 0.717) is 29.4 Å². The second-order valence-electron chi connectivity index (χ2n) is 7.04. The maximum absolute atomic E-state index is 12.9. The number of hydrogen-bond donors (Lipinski definition) is 1. The second kappa shape index (κ2) is 9.30. The van der Waals surface area contributed by atoms with E-state index in [1.165, 1.54) is 5.56 Å². The number of anilines is 1. The first kappa shape index (κ1) is 20.4. The SMILES string of the molecule is CCOc1ccc(-c2cnc(-c3ccccc3C(=O)Nc3ccc(CC)cc3)o2)cc1. The van der Waals surface area contributed by atoms with E-state index in [9.17, 15) is 4.79 Å². The van der Waals surface area contributed by atoms with E-state index >= 15 is 0 Å². The van der Waals surface area contributed by atoms with E-state index in [4.69, 9.17) is 9.15 Å². The van der Waals surface area contributed by atoms with Crippen LogP contribution < -0.4 is 10.1 Å². The van der Waals surface area contributed by atoms with Gasteiger partial charge in [0.05, 0.1) is 18.4 Å². The summed E-state index contributed by atoms with van der Waals surface area (Å²) < 4.78 is 11.5. The summed E-state index contributed by atoms with van der Waals surface area (Å²) >= 11 is 0. The number of carbonyl (C=O) groups excluding carboxylic acids is 1. The third kappa shape index (κ3) is 4.67. The van der Waals surface area contributed by atoms with Gasteiger partial charge >= 0.3 is 0 Å². The normalized spacial score (nSPS) is 10.6. The third-order valence-corrected chi connectivity index (χ3v) is 4.98. The summed E-state index contributed by atoms with van der Waals surface area (Å²) in [6.07, 6.45) is 2.63. The number of amides is 1. The Morgan fingerprint density at radius 3 is 2.42 bits per heavy atom. The molecule has 0 aliphatic rings. The van der Waals surface area contributed by atoms with Gasteiger partial charge in [0, 0.05) is 16.8 Å². The number of benzene rings is 3. The largest absolute Gasteiger partial charge is 0.494 e. The van der Waals surface area contributed by atoms with Crippen molar-refractivity contribution < 1.29 is 13.9 Å². The van der Waals surface area contributed by atoms with Crippen LogP contribution in [0.1, 0.15) is 29.8 Å². The number of aryl methyl sites for hydroxylation is 1. The molecule has 0 fully saturated rings. The number of oxazole rings is 1. The zero-order chi connectivity index (χ0) is 21.6. The van der Waals surface area contributed by atoms with Crippen LogP contribution in [0.2, 0.25) is 0 Å². The van der Waals surface area contributed by atoms with Gasteiger partial charge in [0.25, 0.3) is 5.91 Å². The Morgan fingerprint density at radius 1 is 0.968 bits per heavy atom. The van der Waals surface area contributed by atoms with Crippen LogP contribution in [0.5, 0.6) is 5.75 Å². The number of ether oxygens (including phenoxy) is 1. The number of aromatic nitrogens is 1. The van der Waals surface area contributed by atoms with Crippen molar-refractivity contribution in [2.75, 3.05) is 11.9 Å². The summed E-state index contributed by atoms with van der Waals surface area (Å²) in [4.78, 5) is 17.4. The van der Waals surface area contributed by atoms with E-state index < -0.39 is 0 Å². The standard InChI is InChI=1S/C26H24N2O3/c1-3-18-9-13-20(14-10-18)28-25(29)22-7-5-6-8-23(22)26-27-17-24(31-26)19-11-15-21(16-12-19)30-4-2/h5-17H,3-4H2,1-2H3,(H,28,29). The molecule has 0 spiro atoms. The molecule has 156 valence electrons. The fourth-order valence-electron chi connectivity index (χ4n) is 3.30. The molecule has 1 aromatic heterocycles. The third-order valence-electron chi connectivity index (χ3n) is 4.98. The lowest BCUT2D eigenvalue weighted by Crippen LogP contribution is -2.13. The summed E-state index contributed by atoms with van der Waals surface area (Å²) in [7, 11) is 0. The highest BCUT2D eigenvalue weighted by atomic mass is 16.5. The molecule has 0 saturated carbocycles. The predicted molar refractivity (Wildman–Crippen MR) is 122 cm³/mol. The molecule has 0 saturated heterocycles. The van der Waals surface area contributed by atoms with E-state index in [1.54, 1.807) is 12.3 Å². The van der Waals surface area contributed by atoms with Crippen molar-refractivity contribution in [1.29, 1.82) is 0 Å². The highest BCUT2D eigenvalue weighted by Gasteiger charge is 2.17. The van der Waals surface area contributed by atoms with Crippen molar-refractivity contribution in [2.24, 2.45) is 0 Å². The van der Waals surface area contributed by atoms with E-state index in [0.717, 1.165) is 23.4 Å². The van der Waals surface area contributed by atoms with Crippen LogP contribution in [-0.4, -0.2) is 17.5 Å². The number of carbonyl (C=O) groups is 1. The molecular weight excluding hydrogens is 388 g/mol. The second-order valence-corrected chi connectivity index (χ2v) is 7.04. The highest BCUT2D eigenvalue weighted by molar-refractivity contribution is 6.08. The van der Waals surface area contributed by atoms with E-state index in [2.05, 4.69) is 17.2 Å².